The second-order valence-electron chi connectivity index (χ2n) is 4.57. The number of phenolic OH excluding ortho intramolecular Hbond substituents is 1. The molecule has 0 aliphatic heterocycles. The lowest BCUT2D eigenvalue weighted by Crippen LogP contribution is -2.21. The summed E-state index contributed by atoms with van der Waals surface area (Å²) in [5.74, 6) is 0.350. The molecule has 0 heterocycles. The molecule has 0 amide bonds. The van der Waals surface area contributed by atoms with Crippen molar-refractivity contribution in [2.24, 2.45) is 5.92 Å². The summed E-state index contributed by atoms with van der Waals surface area (Å²) in [6, 6.07) is 5.44. The van der Waals surface area contributed by atoms with Gasteiger partial charge in [-0.25, -0.2) is 0 Å². The van der Waals surface area contributed by atoms with Crippen molar-refractivity contribution in [3.8, 4) is 5.75 Å². The van der Waals surface area contributed by atoms with Crippen LogP contribution in [0.25, 0.3) is 0 Å². The van der Waals surface area contributed by atoms with Crippen molar-refractivity contribution in [3.63, 3.8) is 0 Å². The van der Waals surface area contributed by atoms with Crippen molar-refractivity contribution in [1.82, 2.24) is 0 Å². The van der Waals surface area contributed by atoms with Crippen LogP contribution < -0.4 is 0 Å². The van der Waals surface area contributed by atoms with Crippen LogP contribution in [0.15, 0.2) is 18.2 Å². The summed E-state index contributed by atoms with van der Waals surface area (Å²) < 4.78 is 4.87. The van der Waals surface area contributed by atoms with Crippen LogP contribution in [0.5, 0.6) is 5.75 Å². The number of aromatic hydroxyl groups is 1. The summed E-state index contributed by atoms with van der Waals surface area (Å²) in [5.41, 5.74) is 2.36. The van der Waals surface area contributed by atoms with E-state index in [0.29, 0.717) is 5.75 Å². The van der Waals surface area contributed by atoms with E-state index in [1.807, 2.05) is 13.0 Å². The Kier molecular flexibility index (Phi) is 3.36. The maximum Gasteiger partial charge on any atom is 0.309 e. The quantitative estimate of drug-likeness (QED) is 0.818. The Labute approximate surface area is 101 Å². The number of esters is 1. The minimum atomic E-state index is -0.126. The molecule has 0 saturated carbocycles. The van der Waals surface area contributed by atoms with Crippen molar-refractivity contribution in [2.75, 3.05) is 7.11 Å². The summed E-state index contributed by atoms with van der Waals surface area (Å²) >= 11 is 0. The number of fused-ring (bicyclic) bond motifs is 1. The molecule has 1 N–H and O–H groups in total. The van der Waals surface area contributed by atoms with Crippen molar-refractivity contribution < 1.29 is 14.6 Å². The predicted octanol–water partition coefficient (Wildman–Crippen LogP) is 2.62. The van der Waals surface area contributed by atoms with E-state index in [4.69, 9.17) is 4.74 Å². The van der Waals surface area contributed by atoms with Crippen molar-refractivity contribution in [1.29, 1.82) is 0 Å². The Hall–Kier alpha value is -1.51. The van der Waals surface area contributed by atoms with Gasteiger partial charge in [0, 0.05) is 0 Å². The molecule has 1 aliphatic rings. The fourth-order valence-electron chi connectivity index (χ4n) is 2.82. The van der Waals surface area contributed by atoms with E-state index in [9.17, 15) is 9.90 Å². The molecule has 92 valence electrons. The number of benzene rings is 1. The monoisotopic (exact) mass is 234 g/mol. The molecule has 0 saturated heterocycles. The average molecular weight is 234 g/mol. The van der Waals surface area contributed by atoms with E-state index in [2.05, 4.69) is 0 Å². The molecule has 1 aromatic rings. The van der Waals surface area contributed by atoms with Gasteiger partial charge in [0.1, 0.15) is 5.75 Å². The van der Waals surface area contributed by atoms with Crippen molar-refractivity contribution >= 4 is 5.97 Å². The molecule has 17 heavy (non-hydrogen) atoms. The molecule has 1 aromatic carbocycles. The number of hydrogen-bond donors (Lipinski definition) is 1. The van der Waals surface area contributed by atoms with Crippen LogP contribution in [0, 0.1) is 5.92 Å². The van der Waals surface area contributed by atoms with Gasteiger partial charge in [-0.2, -0.15) is 0 Å². The Morgan fingerprint density at radius 2 is 2.35 bits per heavy atom. The SMILES string of the molecule is CC[C@H](C(=O)OC)[C@@H]1CCc2cc(O)ccc21. The molecule has 0 bridgehead atoms. The number of phenols is 1. The Bertz CT molecular complexity index is 425. The van der Waals surface area contributed by atoms with E-state index in [0.717, 1.165) is 24.8 Å². The van der Waals surface area contributed by atoms with E-state index in [-0.39, 0.29) is 17.8 Å². The highest BCUT2D eigenvalue weighted by Crippen LogP contribution is 2.41. The van der Waals surface area contributed by atoms with Gasteiger partial charge in [-0.05, 0) is 48.4 Å². The highest BCUT2D eigenvalue weighted by molar-refractivity contribution is 5.74. The third-order valence-corrected chi connectivity index (χ3v) is 3.68. The van der Waals surface area contributed by atoms with Crippen molar-refractivity contribution in [3.05, 3.63) is 29.3 Å². The minimum Gasteiger partial charge on any atom is -0.508 e. The van der Waals surface area contributed by atoms with E-state index in [1.54, 1.807) is 12.1 Å². The first-order valence-electron chi connectivity index (χ1n) is 6.07. The zero-order valence-electron chi connectivity index (χ0n) is 10.3. The first-order valence-corrected chi connectivity index (χ1v) is 6.07. The molecule has 1 aliphatic carbocycles. The van der Waals surface area contributed by atoms with E-state index in [1.165, 1.54) is 12.7 Å². The minimum absolute atomic E-state index is 0.0641. The maximum absolute atomic E-state index is 11.7. The molecule has 3 nitrogen and oxygen atoms in total. The summed E-state index contributed by atoms with van der Waals surface area (Å²) in [5, 5.41) is 9.44. The zero-order chi connectivity index (χ0) is 12.4. The van der Waals surface area contributed by atoms with Crippen LogP contribution in [0.2, 0.25) is 0 Å². The topological polar surface area (TPSA) is 46.5 Å². The average Bonchev–Trinajstić information content (AvgIpc) is 2.73. The summed E-state index contributed by atoms with van der Waals surface area (Å²) in [7, 11) is 1.44. The zero-order valence-corrected chi connectivity index (χ0v) is 10.3. The number of methoxy groups -OCH3 is 1. The first kappa shape index (κ1) is 12.0. The molecular formula is C14H18O3. The standard InChI is InChI=1S/C14H18O3/c1-3-11(14(16)17-2)13-6-4-9-8-10(15)5-7-12(9)13/h5,7-8,11,13,15H,3-4,6H2,1-2H3/t11-,13-/m0/s1. The Morgan fingerprint density at radius 1 is 1.59 bits per heavy atom. The highest BCUT2D eigenvalue weighted by atomic mass is 16.5. The lowest BCUT2D eigenvalue weighted by atomic mass is 9.85. The molecule has 0 unspecified atom stereocenters. The van der Waals surface area contributed by atoms with Crippen LogP contribution in [-0.4, -0.2) is 18.2 Å². The van der Waals surface area contributed by atoms with E-state index >= 15 is 0 Å². The third-order valence-electron chi connectivity index (χ3n) is 3.68. The van der Waals surface area contributed by atoms with Gasteiger partial charge in [0.25, 0.3) is 0 Å². The van der Waals surface area contributed by atoms with Gasteiger partial charge in [0.15, 0.2) is 0 Å². The maximum atomic E-state index is 11.7. The number of aryl methyl sites for hydroxylation is 1. The van der Waals surface area contributed by atoms with Gasteiger partial charge >= 0.3 is 5.97 Å². The van der Waals surface area contributed by atoms with Crippen LogP contribution in [0.4, 0.5) is 0 Å². The molecular weight excluding hydrogens is 216 g/mol. The second kappa shape index (κ2) is 4.78. The molecule has 2 atom stereocenters. The summed E-state index contributed by atoms with van der Waals surface area (Å²) in [6.45, 7) is 2.01. The van der Waals surface area contributed by atoms with Crippen molar-refractivity contribution in [2.45, 2.75) is 32.1 Å². The molecule has 0 aromatic heterocycles. The predicted molar refractivity (Wildman–Crippen MR) is 65.0 cm³/mol. The largest absolute Gasteiger partial charge is 0.508 e. The number of ether oxygens (including phenoxy) is 1. The first-order chi connectivity index (χ1) is 8.17. The lowest BCUT2D eigenvalue weighted by Gasteiger charge is -2.20. The number of rotatable bonds is 3. The molecule has 3 heteroatoms. The summed E-state index contributed by atoms with van der Waals surface area (Å²) in [6.07, 6.45) is 2.69. The van der Waals surface area contributed by atoms with E-state index < -0.39 is 0 Å². The molecule has 0 radical (unpaired) electrons. The number of hydrogen-bond acceptors (Lipinski definition) is 3. The fourth-order valence-corrected chi connectivity index (χ4v) is 2.82. The second-order valence-corrected chi connectivity index (χ2v) is 4.57. The van der Waals surface area contributed by atoms with Crippen LogP contribution in [0.1, 0.15) is 36.8 Å². The Balaban J connectivity index is 2.29. The van der Waals surface area contributed by atoms with Gasteiger partial charge in [0.2, 0.25) is 0 Å². The van der Waals surface area contributed by atoms with Gasteiger partial charge in [-0.15, -0.1) is 0 Å². The van der Waals surface area contributed by atoms with Gasteiger partial charge in [-0.3, -0.25) is 4.79 Å². The third kappa shape index (κ3) is 2.14. The van der Waals surface area contributed by atoms with Gasteiger partial charge in [0.05, 0.1) is 13.0 Å². The van der Waals surface area contributed by atoms with Crippen LogP contribution in [-0.2, 0) is 16.0 Å². The van der Waals surface area contributed by atoms with Crippen LogP contribution in [0.3, 0.4) is 0 Å². The smallest absolute Gasteiger partial charge is 0.309 e. The normalized spacial score (nSPS) is 19.8. The molecule has 2 rings (SSSR count). The lowest BCUT2D eigenvalue weighted by molar-refractivity contribution is -0.146. The van der Waals surface area contributed by atoms with Crippen LogP contribution >= 0.6 is 0 Å². The molecule has 0 spiro atoms. The van der Waals surface area contributed by atoms with Gasteiger partial charge in [-0.1, -0.05) is 13.0 Å². The molecule has 0 fully saturated rings. The van der Waals surface area contributed by atoms with Gasteiger partial charge < -0.3 is 9.84 Å². The Morgan fingerprint density at radius 3 is 3.00 bits per heavy atom. The highest BCUT2D eigenvalue weighted by Gasteiger charge is 2.33. The fraction of sp³-hybridized carbons (Fsp3) is 0.500. The number of carbonyl (C=O) groups is 1. The number of carbonyl (C=O) groups excluding carboxylic acids is 1. The summed E-state index contributed by atoms with van der Waals surface area (Å²) in [4.78, 5) is 11.7.